The first kappa shape index (κ1) is 26.4. The second-order valence-electron chi connectivity index (χ2n) is 11.0. The van der Waals surface area contributed by atoms with Crippen molar-refractivity contribution in [2.75, 3.05) is 0 Å². The van der Waals surface area contributed by atoms with Crippen LogP contribution in [-0.4, -0.2) is 11.9 Å². The van der Waals surface area contributed by atoms with E-state index in [1.165, 1.54) is 22.3 Å². The fourth-order valence-electron chi connectivity index (χ4n) is 5.47. The van der Waals surface area contributed by atoms with Crippen molar-refractivity contribution in [2.24, 2.45) is 11.8 Å². The van der Waals surface area contributed by atoms with Crippen LogP contribution in [0.3, 0.4) is 0 Å². The van der Waals surface area contributed by atoms with E-state index in [1.54, 1.807) is 0 Å². The summed E-state index contributed by atoms with van der Waals surface area (Å²) in [6, 6.07) is 29.2. The summed E-state index contributed by atoms with van der Waals surface area (Å²) in [6.45, 7) is 11.3. The second-order valence-corrected chi connectivity index (χ2v) is 11.0. The molecule has 0 saturated heterocycles. The summed E-state index contributed by atoms with van der Waals surface area (Å²) >= 11 is 0. The van der Waals surface area contributed by atoms with Crippen molar-refractivity contribution in [1.29, 1.82) is 0 Å². The molecular weight excluding hydrogens is 484 g/mol. The molecule has 1 aliphatic rings. The number of fused-ring (bicyclic) bond motifs is 3. The number of esters is 2. The molecule has 0 radical (unpaired) electrons. The molecule has 0 amide bonds. The van der Waals surface area contributed by atoms with Crippen molar-refractivity contribution >= 4 is 11.9 Å². The van der Waals surface area contributed by atoms with Crippen LogP contribution in [0, 0.1) is 25.7 Å². The number of carbonyl (C=O) groups is 2. The average Bonchev–Trinajstić information content (AvgIpc) is 3.22. The molecule has 0 N–H and O–H groups in total. The lowest BCUT2D eigenvalue weighted by molar-refractivity contribution is -0.138. The molecule has 0 aliphatic heterocycles. The highest BCUT2D eigenvalue weighted by Crippen LogP contribution is 2.56. The van der Waals surface area contributed by atoms with E-state index in [0.29, 0.717) is 11.5 Å². The van der Waals surface area contributed by atoms with Crippen molar-refractivity contribution in [1.82, 2.24) is 0 Å². The summed E-state index contributed by atoms with van der Waals surface area (Å²) in [4.78, 5) is 24.7. The summed E-state index contributed by atoms with van der Waals surface area (Å²) in [7, 11) is 0. The third kappa shape index (κ3) is 4.44. The Labute approximate surface area is 230 Å². The Kier molecular flexibility index (Phi) is 6.90. The van der Waals surface area contributed by atoms with Crippen LogP contribution in [0.1, 0.15) is 61.1 Å². The molecule has 198 valence electrons. The Morgan fingerprint density at radius 3 is 1.33 bits per heavy atom. The van der Waals surface area contributed by atoms with Gasteiger partial charge in [-0.2, -0.15) is 0 Å². The molecule has 5 rings (SSSR count). The normalized spacial score (nSPS) is 13.2. The minimum atomic E-state index is -0.607. The molecule has 0 unspecified atom stereocenters. The number of hydrogen-bond acceptors (Lipinski definition) is 4. The molecule has 0 aromatic heterocycles. The molecule has 0 heterocycles. The van der Waals surface area contributed by atoms with Gasteiger partial charge < -0.3 is 9.47 Å². The van der Waals surface area contributed by atoms with Gasteiger partial charge in [0.1, 0.15) is 11.5 Å². The van der Waals surface area contributed by atoms with Gasteiger partial charge in [0, 0.05) is 0 Å². The number of aryl methyl sites for hydroxylation is 2. The molecule has 0 saturated carbocycles. The van der Waals surface area contributed by atoms with Gasteiger partial charge in [0.2, 0.25) is 0 Å². The summed E-state index contributed by atoms with van der Waals surface area (Å²) < 4.78 is 11.4. The van der Waals surface area contributed by atoms with E-state index in [4.69, 9.17) is 9.47 Å². The standard InChI is InChI=1S/C35H34O4/c1-21(2)33(36)38-31-17-15-25(19-23(31)5)35(26-16-18-32(24(6)20-26)39-34(37)22(3)4)29-13-9-7-11-27(29)28-12-8-10-14-30(28)35/h7-22H,1-6H3. The van der Waals surface area contributed by atoms with Crippen LogP contribution in [0.2, 0.25) is 0 Å². The van der Waals surface area contributed by atoms with E-state index < -0.39 is 5.41 Å². The number of hydrogen-bond donors (Lipinski definition) is 0. The second kappa shape index (κ2) is 10.2. The fourth-order valence-corrected chi connectivity index (χ4v) is 5.47. The van der Waals surface area contributed by atoms with Gasteiger partial charge in [-0.25, -0.2) is 0 Å². The largest absolute Gasteiger partial charge is 0.426 e. The molecule has 0 atom stereocenters. The van der Waals surface area contributed by atoms with Gasteiger partial charge in [-0.05, 0) is 70.5 Å². The predicted octanol–water partition coefficient (Wildman–Crippen LogP) is 7.79. The van der Waals surface area contributed by atoms with Crippen LogP contribution in [0.15, 0.2) is 84.9 Å². The number of benzene rings is 4. The van der Waals surface area contributed by atoms with Crippen LogP contribution >= 0.6 is 0 Å². The third-order valence-electron chi connectivity index (χ3n) is 7.53. The van der Waals surface area contributed by atoms with E-state index in [2.05, 4.69) is 72.8 Å². The maximum Gasteiger partial charge on any atom is 0.313 e. The average molecular weight is 519 g/mol. The Balaban J connectivity index is 1.74. The first-order valence-corrected chi connectivity index (χ1v) is 13.5. The first-order chi connectivity index (χ1) is 18.6. The van der Waals surface area contributed by atoms with Crippen LogP contribution < -0.4 is 9.47 Å². The molecular formula is C35H34O4. The predicted molar refractivity (Wildman–Crippen MR) is 154 cm³/mol. The maximum absolute atomic E-state index is 12.3. The highest BCUT2D eigenvalue weighted by Gasteiger charge is 2.46. The molecule has 0 fully saturated rings. The topological polar surface area (TPSA) is 52.6 Å². The van der Waals surface area contributed by atoms with E-state index in [0.717, 1.165) is 22.3 Å². The maximum atomic E-state index is 12.3. The zero-order chi connectivity index (χ0) is 27.9. The quantitative estimate of drug-likeness (QED) is 0.170. The van der Waals surface area contributed by atoms with Crippen molar-refractivity contribution in [3.8, 4) is 22.6 Å². The summed E-state index contributed by atoms with van der Waals surface area (Å²) in [5.41, 5.74) is 8.07. The number of ether oxygens (including phenoxy) is 2. The monoisotopic (exact) mass is 518 g/mol. The molecule has 0 spiro atoms. The minimum Gasteiger partial charge on any atom is -0.426 e. The molecule has 39 heavy (non-hydrogen) atoms. The highest BCUT2D eigenvalue weighted by atomic mass is 16.5. The number of rotatable bonds is 6. The minimum absolute atomic E-state index is 0.213. The number of carbonyl (C=O) groups excluding carboxylic acids is 2. The van der Waals surface area contributed by atoms with Gasteiger partial charge in [0.25, 0.3) is 0 Å². The first-order valence-electron chi connectivity index (χ1n) is 13.5. The van der Waals surface area contributed by atoms with E-state index in [1.807, 2.05) is 53.7 Å². The summed E-state index contributed by atoms with van der Waals surface area (Å²) in [6.07, 6.45) is 0. The van der Waals surface area contributed by atoms with Gasteiger partial charge >= 0.3 is 11.9 Å². The Hall–Kier alpha value is -4.18. The molecule has 1 aliphatic carbocycles. The van der Waals surface area contributed by atoms with Crippen molar-refractivity contribution in [3.63, 3.8) is 0 Å². The molecule has 4 nitrogen and oxygen atoms in total. The zero-order valence-electron chi connectivity index (χ0n) is 23.4. The van der Waals surface area contributed by atoms with Gasteiger partial charge in [0.15, 0.2) is 0 Å². The van der Waals surface area contributed by atoms with E-state index >= 15 is 0 Å². The summed E-state index contributed by atoms with van der Waals surface area (Å²) in [5.74, 6) is 0.211. The molecule has 4 aromatic rings. The molecule has 4 aromatic carbocycles. The lowest BCUT2D eigenvalue weighted by Crippen LogP contribution is -2.29. The van der Waals surface area contributed by atoms with Gasteiger partial charge in [0.05, 0.1) is 17.3 Å². The van der Waals surface area contributed by atoms with Crippen molar-refractivity contribution in [2.45, 2.75) is 47.0 Å². The third-order valence-corrected chi connectivity index (χ3v) is 7.53. The fraction of sp³-hybridized carbons (Fsp3) is 0.257. The Bertz CT molecular complexity index is 1460. The van der Waals surface area contributed by atoms with Crippen molar-refractivity contribution in [3.05, 3.63) is 118 Å². The van der Waals surface area contributed by atoms with Crippen LogP contribution in [0.5, 0.6) is 11.5 Å². The van der Waals surface area contributed by atoms with Gasteiger partial charge in [-0.3, -0.25) is 9.59 Å². The SMILES string of the molecule is Cc1cc(C2(c3ccc(OC(=O)C(C)C)c(C)c3)c3ccccc3-c3ccccc32)ccc1OC(=O)C(C)C. The van der Waals surface area contributed by atoms with Crippen LogP contribution in [0.4, 0.5) is 0 Å². The lowest BCUT2D eigenvalue weighted by Gasteiger charge is -2.34. The van der Waals surface area contributed by atoms with E-state index in [9.17, 15) is 9.59 Å². The van der Waals surface area contributed by atoms with E-state index in [-0.39, 0.29) is 23.8 Å². The lowest BCUT2D eigenvalue weighted by atomic mass is 9.67. The molecule has 0 bridgehead atoms. The van der Waals surface area contributed by atoms with Gasteiger partial charge in [-0.1, -0.05) is 100 Å². The summed E-state index contributed by atoms with van der Waals surface area (Å²) in [5, 5.41) is 0. The van der Waals surface area contributed by atoms with Gasteiger partial charge in [-0.15, -0.1) is 0 Å². The molecule has 4 heteroatoms. The highest BCUT2D eigenvalue weighted by molar-refractivity contribution is 5.86. The van der Waals surface area contributed by atoms with Crippen molar-refractivity contribution < 1.29 is 19.1 Å². The Morgan fingerprint density at radius 2 is 0.974 bits per heavy atom. The van der Waals surface area contributed by atoms with Crippen LogP contribution in [-0.2, 0) is 15.0 Å². The smallest absolute Gasteiger partial charge is 0.313 e. The van der Waals surface area contributed by atoms with Crippen LogP contribution in [0.25, 0.3) is 11.1 Å². The zero-order valence-corrected chi connectivity index (χ0v) is 23.4. The Morgan fingerprint density at radius 1 is 0.590 bits per heavy atom.